The van der Waals surface area contributed by atoms with Crippen molar-refractivity contribution in [3.05, 3.63) is 88.7 Å². The molecule has 8 heteroatoms. The second-order valence-corrected chi connectivity index (χ2v) is 7.60. The summed E-state index contributed by atoms with van der Waals surface area (Å²) in [4.78, 5) is 28.9. The van der Waals surface area contributed by atoms with Crippen molar-refractivity contribution in [1.29, 1.82) is 0 Å². The van der Waals surface area contributed by atoms with Crippen LogP contribution in [-0.2, 0) is 10.3 Å². The molecule has 0 spiro atoms. The van der Waals surface area contributed by atoms with Crippen LogP contribution < -0.4 is 10.1 Å². The Labute approximate surface area is 188 Å². The van der Waals surface area contributed by atoms with Gasteiger partial charge in [0.25, 0.3) is 0 Å². The van der Waals surface area contributed by atoms with Crippen molar-refractivity contribution in [3.63, 3.8) is 0 Å². The van der Waals surface area contributed by atoms with E-state index in [1.54, 1.807) is 24.4 Å². The van der Waals surface area contributed by atoms with Crippen molar-refractivity contribution in [1.82, 2.24) is 4.98 Å². The highest BCUT2D eigenvalue weighted by atomic mass is 35.5. The van der Waals surface area contributed by atoms with Crippen molar-refractivity contribution >= 4 is 40.2 Å². The minimum absolute atomic E-state index is 0.00267. The van der Waals surface area contributed by atoms with Gasteiger partial charge in [-0.25, -0.2) is 4.79 Å². The lowest BCUT2D eigenvalue weighted by atomic mass is 9.80. The number of hydrogen-bond donors (Lipinski definition) is 2. The number of ketones is 1. The Morgan fingerprint density at radius 3 is 2.53 bits per heavy atom. The number of carbonyl (C=O) groups is 2. The van der Waals surface area contributed by atoms with Gasteiger partial charge in [0.05, 0.1) is 23.9 Å². The molecule has 7 nitrogen and oxygen atoms in total. The largest absolute Gasteiger partial charge is 0.495 e. The van der Waals surface area contributed by atoms with Gasteiger partial charge >= 0.3 is 5.97 Å². The number of carboxylic acids is 1. The van der Waals surface area contributed by atoms with Gasteiger partial charge in [-0.2, -0.15) is 0 Å². The molecule has 0 aliphatic carbocycles. The molecule has 0 aliphatic rings. The van der Waals surface area contributed by atoms with E-state index < -0.39 is 11.5 Å². The second-order valence-electron chi connectivity index (χ2n) is 7.19. The predicted molar refractivity (Wildman–Crippen MR) is 120 cm³/mol. The molecule has 1 unspecified atom stereocenters. The molecule has 4 aromatic rings. The number of hydrogen-bond acceptors (Lipinski definition) is 6. The molecule has 0 radical (unpaired) electrons. The maximum atomic E-state index is 13.3. The number of nitrogens with one attached hydrogen (secondary N) is 1. The van der Waals surface area contributed by atoms with Gasteiger partial charge in [0, 0.05) is 23.2 Å². The average molecular weight is 451 g/mol. The molecule has 0 fully saturated rings. The van der Waals surface area contributed by atoms with E-state index in [1.165, 1.54) is 32.4 Å². The van der Waals surface area contributed by atoms with Crippen LogP contribution in [0.25, 0.3) is 11.0 Å². The first-order valence-electron chi connectivity index (χ1n) is 9.66. The Morgan fingerprint density at radius 2 is 1.88 bits per heavy atom. The van der Waals surface area contributed by atoms with Crippen molar-refractivity contribution in [2.45, 2.75) is 12.5 Å². The van der Waals surface area contributed by atoms with Crippen LogP contribution in [0.1, 0.15) is 28.4 Å². The highest BCUT2D eigenvalue weighted by Crippen LogP contribution is 2.39. The van der Waals surface area contributed by atoms with E-state index >= 15 is 0 Å². The summed E-state index contributed by atoms with van der Waals surface area (Å²) >= 11 is 6.26. The summed E-state index contributed by atoms with van der Waals surface area (Å²) in [6.45, 7) is 1.42. The summed E-state index contributed by atoms with van der Waals surface area (Å²) in [6, 6.07) is 15.3. The van der Waals surface area contributed by atoms with Crippen LogP contribution in [0.3, 0.4) is 0 Å². The fraction of sp³-hybridized carbons (Fsp3) is 0.125. The summed E-state index contributed by atoms with van der Waals surface area (Å²) in [7, 11) is 1.50. The van der Waals surface area contributed by atoms with Gasteiger partial charge < -0.3 is 19.6 Å². The van der Waals surface area contributed by atoms with Gasteiger partial charge in [-0.15, -0.1) is 0 Å². The van der Waals surface area contributed by atoms with Gasteiger partial charge in [0.15, 0.2) is 17.2 Å². The van der Waals surface area contributed by atoms with Crippen LogP contribution in [0, 0.1) is 0 Å². The number of pyridine rings is 1. The number of benzene rings is 2. The lowest BCUT2D eigenvalue weighted by molar-refractivity contribution is -0.120. The number of ether oxygens (including phenoxy) is 1. The number of fused-ring (bicyclic) bond motifs is 1. The van der Waals surface area contributed by atoms with Crippen LogP contribution in [-0.4, -0.2) is 29.0 Å². The molecule has 0 aliphatic heterocycles. The first-order valence-corrected chi connectivity index (χ1v) is 10.0. The molecule has 0 amide bonds. The average Bonchev–Trinajstić information content (AvgIpc) is 3.19. The van der Waals surface area contributed by atoms with Gasteiger partial charge in [0.2, 0.25) is 0 Å². The SMILES string of the molecule is COc1cncc(C(Nc2cc3ccccc3o2)(C(C)=O)c2ccc(C(=O)O)c(Cl)c2)c1. The molecule has 2 aromatic carbocycles. The minimum Gasteiger partial charge on any atom is -0.495 e. The molecule has 2 heterocycles. The Hall–Kier alpha value is -3.84. The van der Waals surface area contributed by atoms with Crippen LogP contribution in [0.4, 0.5) is 5.88 Å². The number of anilines is 1. The summed E-state index contributed by atoms with van der Waals surface area (Å²) in [5, 5.41) is 13.4. The molecule has 0 saturated carbocycles. The van der Waals surface area contributed by atoms with Crippen LogP contribution >= 0.6 is 11.6 Å². The number of rotatable bonds is 7. The summed E-state index contributed by atoms with van der Waals surface area (Å²) < 4.78 is 11.2. The summed E-state index contributed by atoms with van der Waals surface area (Å²) in [5.74, 6) is -0.647. The number of aromatic nitrogens is 1. The van der Waals surface area contributed by atoms with E-state index in [9.17, 15) is 14.7 Å². The normalized spacial score (nSPS) is 12.8. The lowest BCUT2D eigenvalue weighted by Gasteiger charge is -2.33. The zero-order chi connectivity index (χ0) is 22.9. The van der Waals surface area contributed by atoms with E-state index in [1.807, 2.05) is 24.3 Å². The monoisotopic (exact) mass is 450 g/mol. The third-order valence-electron chi connectivity index (χ3n) is 5.28. The molecular weight excluding hydrogens is 432 g/mol. The van der Waals surface area contributed by atoms with Gasteiger partial charge in [-0.3, -0.25) is 9.78 Å². The first-order chi connectivity index (χ1) is 15.3. The molecule has 2 aromatic heterocycles. The molecule has 162 valence electrons. The predicted octanol–water partition coefficient (Wildman–Crippen LogP) is 5.13. The van der Waals surface area contributed by atoms with Crippen molar-refractivity contribution in [2.75, 3.05) is 12.4 Å². The number of furan rings is 1. The zero-order valence-electron chi connectivity index (χ0n) is 17.3. The first kappa shape index (κ1) is 21.4. The lowest BCUT2D eigenvalue weighted by Crippen LogP contribution is -2.43. The molecule has 32 heavy (non-hydrogen) atoms. The van der Waals surface area contributed by atoms with E-state index in [2.05, 4.69) is 10.3 Å². The fourth-order valence-electron chi connectivity index (χ4n) is 3.69. The van der Waals surface area contributed by atoms with E-state index in [-0.39, 0.29) is 16.4 Å². The molecule has 4 rings (SSSR count). The molecular formula is C24H19ClN2O5. The Balaban J connectivity index is 1.96. The third-order valence-corrected chi connectivity index (χ3v) is 5.59. The highest BCUT2D eigenvalue weighted by molar-refractivity contribution is 6.33. The van der Waals surface area contributed by atoms with Crippen molar-refractivity contribution < 1.29 is 23.8 Å². The van der Waals surface area contributed by atoms with Gasteiger partial charge in [-0.1, -0.05) is 35.9 Å². The van der Waals surface area contributed by atoms with Crippen LogP contribution in [0.15, 0.2) is 71.4 Å². The second kappa shape index (κ2) is 8.36. The topological polar surface area (TPSA) is 102 Å². The highest BCUT2D eigenvalue weighted by Gasteiger charge is 2.41. The fourth-order valence-corrected chi connectivity index (χ4v) is 3.95. The van der Waals surface area contributed by atoms with Crippen molar-refractivity contribution in [2.24, 2.45) is 0 Å². The van der Waals surface area contributed by atoms with Crippen LogP contribution in [0.2, 0.25) is 5.02 Å². The number of nitrogens with zero attached hydrogens (tertiary/aromatic N) is 1. The van der Waals surface area contributed by atoms with Crippen molar-refractivity contribution in [3.8, 4) is 5.75 Å². The Morgan fingerprint density at radius 1 is 1.09 bits per heavy atom. The number of aromatic carboxylic acids is 1. The minimum atomic E-state index is -1.48. The molecule has 0 saturated heterocycles. The number of carbonyl (C=O) groups excluding carboxylic acids is 1. The number of para-hydroxylation sites is 1. The number of Topliss-reactive ketones (excluding diaryl/α,β-unsaturated/α-hetero) is 1. The summed E-state index contributed by atoms with van der Waals surface area (Å²) in [6.07, 6.45) is 3.06. The van der Waals surface area contributed by atoms with Gasteiger partial charge in [0.1, 0.15) is 11.3 Å². The Bertz CT molecular complexity index is 1300. The zero-order valence-corrected chi connectivity index (χ0v) is 18.0. The maximum Gasteiger partial charge on any atom is 0.337 e. The molecule has 1 atom stereocenters. The van der Waals surface area contributed by atoms with Crippen LogP contribution in [0.5, 0.6) is 5.75 Å². The number of halogens is 1. The molecule has 2 N–H and O–H groups in total. The van der Waals surface area contributed by atoms with E-state index in [4.69, 9.17) is 20.8 Å². The third kappa shape index (κ3) is 3.67. The van der Waals surface area contributed by atoms with E-state index in [0.717, 1.165) is 5.39 Å². The van der Waals surface area contributed by atoms with E-state index in [0.29, 0.717) is 28.3 Å². The smallest absolute Gasteiger partial charge is 0.337 e. The quantitative estimate of drug-likeness (QED) is 0.402. The number of carboxylic acid groups (broad SMARTS) is 1. The Kier molecular flexibility index (Phi) is 5.59. The maximum absolute atomic E-state index is 13.3. The van der Waals surface area contributed by atoms with Gasteiger partial charge in [-0.05, 0) is 36.8 Å². The standard InChI is InChI=1S/C24H19ClN2O5/c1-14(28)24(17-10-18(31-2)13-26-12-17,16-7-8-19(23(29)30)20(25)11-16)27-22-9-15-5-3-4-6-21(15)32-22/h3-13,27H,1-2H3,(H,29,30). The summed E-state index contributed by atoms with van der Waals surface area (Å²) in [5.41, 5.74) is 0.00566. The number of methoxy groups -OCH3 is 1. The molecule has 0 bridgehead atoms.